The summed E-state index contributed by atoms with van der Waals surface area (Å²) in [7, 11) is -3.58. The highest BCUT2D eigenvalue weighted by Gasteiger charge is 2.22. The first-order valence-corrected chi connectivity index (χ1v) is 10.9. The Balaban J connectivity index is 2.13. The lowest BCUT2D eigenvalue weighted by Crippen LogP contribution is -2.41. The van der Waals surface area contributed by atoms with E-state index in [4.69, 9.17) is 0 Å². The van der Waals surface area contributed by atoms with Crippen molar-refractivity contribution in [3.63, 3.8) is 0 Å². The van der Waals surface area contributed by atoms with Gasteiger partial charge >= 0.3 is 0 Å². The van der Waals surface area contributed by atoms with E-state index < -0.39 is 10.0 Å². The molecule has 0 fully saturated rings. The molecule has 1 N–H and O–H groups in total. The van der Waals surface area contributed by atoms with Crippen LogP contribution >= 0.6 is 0 Å². The summed E-state index contributed by atoms with van der Waals surface area (Å²) >= 11 is 0. The fraction of sp³-hybridized carbons (Fsp3) is 0.381. The maximum atomic E-state index is 12.5. The van der Waals surface area contributed by atoms with E-state index >= 15 is 0 Å². The van der Waals surface area contributed by atoms with E-state index in [9.17, 15) is 13.2 Å². The maximum Gasteiger partial charge on any atom is 0.241 e. The van der Waals surface area contributed by atoms with Crippen LogP contribution in [0.2, 0.25) is 0 Å². The van der Waals surface area contributed by atoms with E-state index in [1.54, 1.807) is 12.1 Å². The van der Waals surface area contributed by atoms with Gasteiger partial charge in [-0.3, -0.25) is 9.10 Å². The molecule has 0 bridgehead atoms. The van der Waals surface area contributed by atoms with Crippen LogP contribution in [0, 0.1) is 6.92 Å². The summed E-state index contributed by atoms with van der Waals surface area (Å²) in [5.41, 5.74) is 3.72. The lowest BCUT2D eigenvalue weighted by molar-refractivity contribution is -0.120. The Bertz CT molecular complexity index is 873. The molecule has 0 unspecified atom stereocenters. The van der Waals surface area contributed by atoms with Gasteiger partial charge in [0.15, 0.2) is 0 Å². The number of anilines is 1. The van der Waals surface area contributed by atoms with Gasteiger partial charge in [0.05, 0.1) is 18.0 Å². The van der Waals surface area contributed by atoms with Crippen molar-refractivity contribution in [1.82, 2.24) is 5.32 Å². The van der Waals surface area contributed by atoms with Gasteiger partial charge in [0.2, 0.25) is 15.9 Å². The van der Waals surface area contributed by atoms with Gasteiger partial charge in [0.1, 0.15) is 6.54 Å². The number of rotatable bonds is 7. The van der Waals surface area contributed by atoms with E-state index in [0.29, 0.717) is 11.6 Å². The molecular formula is C21H28N2O3S. The van der Waals surface area contributed by atoms with Gasteiger partial charge in [-0.05, 0) is 43.0 Å². The summed E-state index contributed by atoms with van der Waals surface area (Å²) in [6, 6.07) is 14.9. The SMILES string of the molecule is Cc1ccc([C@H](C)NC(=O)CN(c2ccc(C(C)C)cc2)S(C)(=O)=O)cc1. The first-order valence-electron chi connectivity index (χ1n) is 9.01. The van der Waals surface area contributed by atoms with Crippen LogP contribution in [0.5, 0.6) is 0 Å². The fourth-order valence-corrected chi connectivity index (χ4v) is 3.64. The van der Waals surface area contributed by atoms with Gasteiger partial charge in [-0.25, -0.2) is 8.42 Å². The van der Waals surface area contributed by atoms with E-state index in [-0.39, 0.29) is 18.5 Å². The molecule has 0 aliphatic heterocycles. The van der Waals surface area contributed by atoms with Crippen LogP contribution in [0.15, 0.2) is 48.5 Å². The molecule has 1 amide bonds. The average Bonchev–Trinajstić information content (AvgIpc) is 2.59. The highest BCUT2D eigenvalue weighted by molar-refractivity contribution is 7.92. The smallest absolute Gasteiger partial charge is 0.241 e. The lowest BCUT2D eigenvalue weighted by Gasteiger charge is -2.23. The molecule has 0 aliphatic rings. The highest BCUT2D eigenvalue weighted by Crippen LogP contribution is 2.22. The Morgan fingerprint density at radius 1 is 0.963 bits per heavy atom. The minimum atomic E-state index is -3.58. The maximum absolute atomic E-state index is 12.5. The summed E-state index contributed by atoms with van der Waals surface area (Å²) in [5.74, 6) is 0.00540. The number of nitrogens with one attached hydrogen (secondary N) is 1. The number of amides is 1. The molecule has 146 valence electrons. The molecule has 2 aromatic carbocycles. The Morgan fingerprint density at radius 3 is 1.96 bits per heavy atom. The van der Waals surface area contributed by atoms with Crippen LogP contribution in [0.4, 0.5) is 5.69 Å². The second-order valence-electron chi connectivity index (χ2n) is 7.22. The number of nitrogens with zero attached hydrogens (tertiary/aromatic N) is 1. The van der Waals surface area contributed by atoms with Crippen LogP contribution in [-0.4, -0.2) is 27.1 Å². The molecule has 5 nitrogen and oxygen atoms in total. The van der Waals surface area contributed by atoms with Crippen molar-refractivity contribution in [3.05, 3.63) is 65.2 Å². The van der Waals surface area contributed by atoms with Gasteiger partial charge in [0.25, 0.3) is 0 Å². The highest BCUT2D eigenvalue weighted by atomic mass is 32.2. The molecule has 0 spiro atoms. The molecule has 0 radical (unpaired) electrons. The van der Waals surface area contributed by atoms with E-state index in [2.05, 4.69) is 19.2 Å². The first-order chi connectivity index (χ1) is 12.6. The average molecular weight is 389 g/mol. The van der Waals surface area contributed by atoms with Crippen molar-refractivity contribution in [2.75, 3.05) is 17.1 Å². The fourth-order valence-electron chi connectivity index (χ4n) is 2.78. The predicted octanol–water partition coefficient (Wildman–Crippen LogP) is 3.76. The largest absolute Gasteiger partial charge is 0.348 e. The topological polar surface area (TPSA) is 66.5 Å². The number of aryl methyl sites for hydroxylation is 1. The van der Waals surface area contributed by atoms with Crippen LogP contribution in [0.1, 0.15) is 49.4 Å². The number of benzene rings is 2. The molecule has 0 aliphatic carbocycles. The molecule has 0 saturated carbocycles. The molecule has 27 heavy (non-hydrogen) atoms. The van der Waals surface area contributed by atoms with Crippen LogP contribution in [-0.2, 0) is 14.8 Å². The summed E-state index contributed by atoms with van der Waals surface area (Å²) in [5, 5.41) is 2.87. The normalized spacial score (nSPS) is 12.7. The second kappa shape index (κ2) is 8.57. The van der Waals surface area contributed by atoms with Crippen LogP contribution in [0.25, 0.3) is 0 Å². The van der Waals surface area contributed by atoms with Gasteiger partial charge in [-0.2, -0.15) is 0 Å². The zero-order valence-electron chi connectivity index (χ0n) is 16.6. The van der Waals surface area contributed by atoms with Gasteiger partial charge < -0.3 is 5.32 Å². The molecule has 0 heterocycles. The quantitative estimate of drug-likeness (QED) is 0.785. The summed E-state index contributed by atoms with van der Waals surface area (Å²) in [6.45, 7) is 7.77. The predicted molar refractivity (Wildman–Crippen MR) is 110 cm³/mol. The number of hydrogen-bond acceptors (Lipinski definition) is 3. The monoisotopic (exact) mass is 388 g/mol. The Hall–Kier alpha value is -2.34. The zero-order valence-corrected chi connectivity index (χ0v) is 17.4. The minimum absolute atomic E-state index is 0.206. The van der Waals surface area contributed by atoms with Crippen LogP contribution in [0.3, 0.4) is 0 Å². The lowest BCUT2D eigenvalue weighted by atomic mass is 10.0. The zero-order chi connectivity index (χ0) is 20.2. The van der Waals surface area contributed by atoms with E-state index in [0.717, 1.165) is 27.3 Å². The summed E-state index contributed by atoms with van der Waals surface area (Å²) in [4.78, 5) is 12.5. The standard InChI is InChI=1S/C21H28N2O3S/c1-15(2)18-10-12-20(13-11-18)23(27(5,25)26)14-21(24)22-17(4)19-8-6-16(3)7-9-19/h6-13,15,17H,14H2,1-5H3,(H,22,24)/t17-/m0/s1. The van der Waals surface area contributed by atoms with Crippen molar-refractivity contribution >= 4 is 21.6 Å². The molecule has 6 heteroatoms. The molecule has 2 aromatic rings. The molecule has 2 rings (SSSR count). The first kappa shape index (κ1) is 21.0. The van der Waals surface area contributed by atoms with Crippen LogP contribution < -0.4 is 9.62 Å². The Kier molecular flexibility index (Phi) is 6.65. The minimum Gasteiger partial charge on any atom is -0.348 e. The molecular weight excluding hydrogens is 360 g/mol. The number of carbonyl (C=O) groups excluding carboxylic acids is 1. The Labute approximate surface area is 162 Å². The number of carbonyl (C=O) groups is 1. The number of hydrogen-bond donors (Lipinski definition) is 1. The van der Waals surface area contributed by atoms with Crippen molar-refractivity contribution in [3.8, 4) is 0 Å². The second-order valence-corrected chi connectivity index (χ2v) is 9.12. The molecule has 0 aromatic heterocycles. The van der Waals surface area contributed by atoms with Crippen molar-refractivity contribution < 1.29 is 13.2 Å². The number of sulfonamides is 1. The van der Waals surface area contributed by atoms with E-state index in [1.807, 2.05) is 50.2 Å². The van der Waals surface area contributed by atoms with Crippen molar-refractivity contribution in [1.29, 1.82) is 0 Å². The van der Waals surface area contributed by atoms with Crippen molar-refractivity contribution in [2.24, 2.45) is 0 Å². The summed E-state index contributed by atoms with van der Waals surface area (Å²) < 4.78 is 25.6. The summed E-state index contributed by atoms with van der Waals surface area (Å²) in [6.07, 6.45) is 1.11. The third-order valence-electron chi connectivity index (χ3n) is 4.49. The molecule has 0 saturated heterocycles. The van der Waals surface area contributed by atoms with Gasteiger partial charge in [-0.15, -0.1) is 0 Å². The molecule has 1 atom stereocenters. The Morgan fingerprint density at radius 2 is 1.48 bits per heavy atom. The third-order valence-corrected chi connectivity index (χ3v) is 5.63. The third kappa shape index (κ3) is 5.82. The van der Waals surface area contributed by atoms with Gasteiger partial charge in [0, 0.05) is 0 Å². The van der Waals surface area contributed by atoms with E-state index in [1.165, 1.54) is 0 Å². The van der Waals surface area contributed by atoms with Crippen molar-refractivity contribution in [2.45, 2.75) is 39.7 Å². The van der Waals surface area contributed by atoms with Gasteiger partial charge in [-0.1, -0.05) is 55.8 Å².